The molecule has 5 heteroatoms. The van der Waals surface area contributed by atoms with Gasteiger partial charge in [-0.3, -0.25) is 5.10 Å². The number of aromatic amines is 1. The Bertz CT molecular complexity index is 407. The Morgan fingerprint density at radius 2 is 2.17 bits per heavy atom. The Kier molecular flexibility index (Phi) is 4.38. The Labute approximate surface area is 109 Å². The lowest BCUT2D eigenvalue weighted by Gasteiger charge is -2.29. The lowest BCUT2D eigenvalue weighted by molar-refractivity contribution is 0.0212. The summed E-state index contributed by atoms with van der Waals surface area (Å²) >= 11 is 0. The van der Waals surface area contributed by atoms with Crippen molar-refractivity contribution in [3.8, 4) is 0 Å². The van der Waals surface area contributed by atoms with Gasteiger partial charge in [-0.25, -0.2) is 4.79 Å². The molecule has 1 rings (SSSR count). The maximum atomic E-state index is 12.0. The van der Waals surface area contributed by atoms with E-state index in [0.717, 1.165) is 17.8 Å². The van der Waals surface area contributed by atoms with Gasteiger partial charge in [-0.1, -0.05) is 6.92 Å². The predicted octanol–water partition coefficient (Wildman–Crippen LogP) is 3.04. The summed E-state index contributed by atoms with van der Waals surface area (Å²) in [6, 6.07) is 1.91. The largest absolute Gasteiger partial charge is 0.444 e. The molecule has 1 aromatic rings. The fourth-order valence-electron chi connectivity index (χ4n) is 1.78. The van der Waals surface area contributed by atoms with E-state index < -0.39 is 5.60 Å². The zero-order valence-corrected chi connectivity index (χ0v) is 12.1. The van der Waals surface area contributed by atoms with E-state index in [2.05, 4.69) is 10.2 Å². The van der Waals surface area contributed by atoms with E-state index >= 15 is 0 Å². The number of nitrogens with zero attached hydrogens (tertiary/aromatic N) is 2. The third kappa shape index (κ3) is 3.75. The van der Waals surface area contributed by atoms with Gasteiger partial charge < -0.3 is 9.64 Å². The van der Waals surface area contributed by atoms with Crippen LogP contribution in [0, 0.1) is 6.92 Å². The maximum Gasteiger partial charge on any atom is 0.410 e. The minimum atomic E-state index is -0.479. The van der Waals surface area contributed by atoms with Crippen LogP contribution in [0.2, 0.25) is 0 Å². The fourth-order valence-corrected chi connectivity index (χ4v) is 1.78. The standard InChI is InChI=1S/C13H23N3O2/c1-7-11(10-8-9(2)14-15-10)16(6)12(17)18-13(3,4)5/h8,11H,7H2,1-6H3,(H,14,15). The summed E-state index contributed by atoms with van der Waals surface area (Å²) in [6.07, 6.45) is 0.485. The minimum absolute atomic E-state index is 0.0407. The zero-order valence-electron chi connectivity index (χ0n) is 12.1. The summed E-state index contributed by atoms with van der Waals surface area (Å²) < 4.78 is 5.36. The van der Waals surface area contributed by atoms with Gasteiger partial charge in [0.15, 0.2) is 0 Å². The summed E-state index contributed by atoms with van der Waals surface area (Å²) in [6.45, 7) is 9.53. The van der Waals surface area contributed by atoms with E-state index in [1.807, 2.05) is 40.7 Å². The maximum absolute atomic E-state index is 12.0. The second kappa shape index (κ2) is 5.42. The number of hydrogen-bond donors (Lipinski definition) is 1. The van der Waals surface area contributed by atoms with Gasteiger partial charge in [-0.05, 0) is 40.2 Å². The molecular weight excluding hydrogens is 230 g/mol. The molecule has 0 aromatic carbocycles. The third-order valence-corrected chi connectivity index (χ3v) is 2.62. The number of rotatable bonds is 3. The smallest absolute Gasteiger partial charge is 0.410 e. The molecule has 1 atom stereocenters. The molecule has 0 aliphatic rings. The summed E-state index contributed by atoms with van der Waals surface area (Å²) in [5.74, 6) is 0. The van der Waals surface area contributed by atoms with Crippen LogP contribution in [0.25, 0.3) is 0 Å². The first-order valence-electron chi connectivity index (χ1n) is 6.22. The van der Waals surface area contributed by atoms with Crippen molar-refractivity contribution in [1.82, 2.24) is 15.1 Å². The molecule has 0 spiro atoms. The Morgan fingerprint density at radius 3 is 2.56 bits per heavy atom. The number of amides is 1. The van der Waals surface area contributed by atoms with Gasteiger partial charge in [-0.2, -0.15) is 5.10 Å². The number of aromatic nitrogens is 2. The molecule has 1 aromatic heterocycles. The number of H-pyrrole nitrogens is 1. The highest BCUT2D eigenvalue weighted by Gasteiger charge is 2.26. The number of carbonyl (C=O) groups is 1. The van der Waals surface area contributed by atoms with Gasteiger partial charge in [0, 0.05) is 7.05 Å². The van der Waals surface area contributed by atoms with Crippen molar-refractivity contribution < 1.29 is 9.53 Å². The van der Waals surface area contributed by atoms with Crippen LogP contribution in [0.5, 0.6) is 0 Å². The highest BCUT2D eigenvalue weighted by atomic mass is 16.6. The average molecular weight is 253 g/mol. The Hall–Kier alpha value is -1.52. The van der Waals surface area contributed by atoms with E-state index in [4.69, 9.17) is 4.74 Å². The molecule has 1 amide bonds. The Balaban J connectivity index is 2.80. The van der Waals surface area contributed by atoms with Crippen LogP contribution in [0.4, 0.5) is 4.79 Å². The van der Waals surface area contributed by atoms with Crippen molar-refractivity contribution in [2.24, 2.45) is 0 Å². The van der Waals surface area contributed by atoms with Crippen LogP contribution in [-0.2, 0) is 4.74 Å². The molecular formula is C13H23N3O2. The second-order valence-electron chi connectivity index (χ2n) is 5.48. The highest BCUT2D eigenvalue weighted by Crippen LogP contribution is 2.23. The Morgan fingerprint density at radius 1 is 1.56 bits per heavy atom. The van der Waals surface area contributed by atoms with Gasteiger partial charge >= 0.3 is 6.09 Å². The van der Waals surface area contributed by atoms with Gasteiger partial charge in [0.05, 0.1) is 17.4 Å². The molecule has 0 saturated carbocycles. The molecule has 18 heavy (non-hydrogen) atoms. The molecule has 1 heterocycles. The first kappa shape index (κ1) is 14.5. The van der Waals surface area contributed by atoms with Gasteiger partial charge in [0.25, 0.3) is 0 Å². The predicted molar refractivity (Wildman–Crippen MR) is 70.4 cm³/mol. The van der Waals surface area contributed by atoms with Crippen molar-refractivity contribution in [3.05, 3.63) is 17.5 Å². The molecule has 102 valence electrons. The first-order chi connectivity index (χ1) is 8.24. The molecule has 0 bridgehead atoms. The monoisotopic (exact) mass is 253 g/mol. The highest BCUT2D eigenvalue weighted by molar-refractivity contribution is 5.68. The number of carbonyl (C=O) groups excluding carboxylic acids is 1. The molecule has 1 N–H and O–H groups in total. The van der Waals surface area contributed by atoms with Crippen LogP contribution in [0.3, 0.4) is 0 Å². The number of aryl methyl sites for hydroxylation is 1. The van der Waals surface area contributed by atoms with Gasteiger partial charge in [0.2, 0.25) is 0 Å². The van der Waals surface area contributed by atoms with Crippen molar-refractivity contribution in [1.29, 1.82) is 0 Å². The van der Waals surface area contributed by atoms with Gasteiger partial charge in [0.1, 0.15) is 5.60 Å². The molecule has 5 nitrogen and oxygen atoms in total. The molecule has 0 radical (unpaired) electrons. The average Bonchev–Trinajstić information content (AvgIpc) is 2.63. The lowest BCUT2D eigenvalue weighted by Crippen LogP contribution is -2.36. The van der Waals surface area contributed by atoms with Crippen LogP contribution in [-0.4, -0.2) is 33.8 Å². The van der Waals surface area contributed by atoms with Crippen molar-refractivity contribution >= 4 is 6.09 Å². The van der Waals surface area contributed by atoms with Crippen LogP contribution < -0.4 is 0 Å². The fraction of sp³-hybridized carbons (Fsp3) is 0.692. The van der Waals surface area contributed by atoms with E-state index in [-0.39, 0.29) is 12.1 Å². The van der Waals surface area contributed by atoms with E-state index in [0.29, 0.717) is 0 Å². The summed E-state index contributed by atoms with van der Waals surface area (Å²) in [5, 5.41) is 7.05. The molecule has 1 unspecified atom stereocenters. The van der Waals surface area contributed by atoms with E-state index in [1.165, 1.54) is 0 Å². The van der Waals surface area contributed by atoms with Gasteiger partial charge in [-0.15, -0.1) is 0 Å². The van der Waals surface area contributed by atoms with E-state index in [1.54, 1.807) is 11.9 Å². The van der Waals surface area contributed by atoms with E-state index in [9.17, 15) is 4.79 Å². The van der Waals surface area contributed by atoms with Crippen LogP contribution in [0.1, 0.15) is 51.5 Å². The zero-order chi connectivity index (χ0) is 13.9. The lowest BCUT2D eigenvalue weighted by atomic mass is 10.1. The first-order valence-corrected chi connectivity index (χ1v) is 6.22. The van der Waals surface area contributed by atoms with Crippen LogP contribution >= 0.6 is 0 Å². The quantitative estimate of drug-likeness (QED) is 0.900. The number of ether oxygens (including phenoxy) is 1. The number of hydrogen-bond acceptors (Lipinski definition) is 3. The molecule has 0 aliphatic heterocycles. The molecule has 0 aliphatic carbocycles. The summed E-state index contributed by atoms with van der Waals surface area (Å²) in [5.41, 5.74) is 1.37. The summed E-state index contributed by atoms with van der Waals surface area (Å²) in [7, 11) is 1.75. The normalized spacial score (nSPS) is 13.2. The SMILES string of the molecule is CCC(c1cc(C)n[nH]1)N(C)C(=O)OC(C)(C)C. The van der Waals surface area contributed by atoms with Crippen LogP contribution in [0.15, 0.2) is 6.07 Å². The second-order valence-corrected chi connectivity index (χ2v) is 5.48. The minimum Gasteiger partial charge on any atom is -0.444 e. The van der Waals surface area contributed by atoms with Crippen molar-refractivity contribution in [3.63, 3.8) is 0 Å². The topological polar surface area (TPSA) is 58.2 Å². The third-order valence-electron chi connectivity index (χ3n) is 2.62. The van der Waals surface area contributed by atoms with Crippen molar-refractivity contribution in [2.75, 3.05) is 7.05 Å². The number of nitrogens with one attached hydrogen (secondary N) is 1. The summed E-state index contributed by atoms with van der Waals surface area (Å²) in [4.78, 5) is 13.6. The molecule has 0 fully saturated rings. The van der Waals surface area contributed by atoms with Crippen molar-refractivity contribution in [2.45, 2.75) is 52.7 Å². The molecule has 0 saturated heterocycles.